The summed E-state index contributed by atoms with van der Waals surface area (Å²) >= 11 is 0. The highest BCUT2D eigenvalue weighted by Gasteiger charge is 2.43. The minimum Gasteiger partial charge on any atom is -0.670 e. The van der Waals surface area contributed by atoms with E-state index in [1.807, 2.05) is 55.6 Å². The Balaban J connectivity index is 1.21. The van der Waals surface area contributed by atoms with Gasteiger partial charge in [0.1, 0.15) is 18.3 Å². The monoisotopic (exact) mass is 942 g/mol. The summed E-state index contributed by atoms with van der Waals surface area (Å²) in [4.78, 5) is 20.0. The Bertz CT molecular complexity index is 2740. The number of fused-ring (bicyclic) bond motifs is 1. The number of carbonyl (C=O) groups is 1. The Kier molecular flexibility index (Phi) is 15.0. The van der Waals surface area contributed by atoms with E-state index in [9.17, 15) is 25.5 Å². The quantitative estimate of drug-likeness (QED) is 0.0387. The number of aromatic nitrogens is 1. The molecule has 8 rings (SSSR count). The van der Waals surface area contributed by atoms with Crippen molar-refractivity contribution < 1.29 is 39.8 Å². The van der Waals surface area contributed by atoms with Crippen molar-refractivity contribution in [1.29, 1.82) is 0 Å². The van der Waals surface area contributed by atoms with Gasteiger partial charge in [-0.15, -0.1) is 0 Å². The number of aryl methyl sites for hydroxylation is 1. The van der Waals surface area contributed by atoms with Gasteiger partial charge in [0.2, 0.25) is 0 Å². The zero-order valence-corrected chi connectivity index (χ0v) is 40.1. The van der Waals surface area contributed by atoms with Crippen molar-refractivity contribution in [3.8, 4) is 28.7 Å². The number of hydrogen-bond donors (Lipinski definition) is 7. The molecule has 7 N–H and O–H groups in total. The van der Waals surface area contributed by atoms with Crippen LogP contribution in [0.4, 0.5) is 0 Å². The highest BCUT2D eigenvalue weighted by atomic mass is 33.1. The first-order valence-corrected chi connectivity index (χ1v) is 25.2. The molecule has 0 radical (unpaired) electrons. The Hall–Kier alpha value is -5.41. The van der Waals surface area contributed by atoms with Gasteiger partial charge in [0.15, 0.2) is 23.0 Å². The maximum Gasteiger partial charge on any atom is 0.167 e. The summed E-state index contributed by atoms with van der Waals surface area (Å²) in [5.74, 6) is 0.333. The SMILES string of the molecule is CCc1ccc2ccccc2c1Cc1c(C[C@H](Cc2cc[n-]c2)[C@H](O)CC(=O)[C@@]2(c3cc(O)cc(CNC)c3)C=C[C@@H]3SSC[C@](C)(O)CNCOc4c(O)ccc(c43)C2)ccc(O)c1OC. The van der Waals surface area contributed by atoms with Gasteiger partial charge in [0.05, 0.1) is 29.5 Å². The summed E-state index contributed by atoms with van der Waals surface area (Å²) in [5, 5.41) is 65.6. The molecule has 0 fully saturated rings. The highest BCUT2D eigenvalue weighted by Crippen LogP contribution is 2.52. The molecule has 352 valence electrons. The van der Waals surface area contributed by atoms with Crippen LogP contribution < -0.4 is 25.1 Å². The van der Waals surface area contributed by atoms with Gasteiger partial charge in [-0.25, -0.2) is 0 Å². The zero-order valence-electron chi connectivity index (χ0n) is 38.4. The lowest BCUT2D eigenvalue weighted by atomic mass is 9.69. The van der Waals surface area contributed by atoms with Gasteiger partial charge in [-0.3, -0.25) is 10.1 Å². The fourth-order valence-electron chi connectivity index (χ4n) is 9.83. The molecule has 13 heteroatoms. The molecule has 0 saturated heterocycles. The van der Waals surface area contributed by atoms with Crippen LogP contribution in [0.5, 0.6) is 28.7 Å². The van der Waals surface area contributed by atoms with Crippen LogP contribution in [0.3, 0.4) is 0 Å². The first kappa shape index (κ1) is 48.1. The number of methoxy groups -OCH3 is 1. The largest absolute Gasteiger partial charge is 0.670 e. The number of nitrogens with one attached hydrogen (secondary N) is 2. The second-order valence-electron chi connectivity index (χ2n) is 18.1. The van der Waals surface area contributed by atoms with Crippen LogP contribution in [-0.4, -0.2) is 76.2 Å². The van der Waals surface area contributed by atoms with Crippen LogP contribution in [0.1, 0.15) is 75.6 Å². The van der Waals surface area contributed by atoms with Crippen LogP contribution in [0.2, 0.25) is 0 Å². The van der Waals surface area contributed by atoms with Crippen LogP contribution in [0, 0.1) is 5.92 Å². The standard InChI is InChI=1S/C54H60N3O8S2/c1-5-35-10-11-36-8-6-7-9-42(36)43(35)25-44-37(12-14-45(59)51(44)64-4)23-39(20-33-17-19-56-29-33)47(61)26-49(62)54(40-21-34(28-55-3)22-41(58)24-40)18-16-48-50-38(27-54)13-15-46(60)52(50)65-32-57-30-53(2,63)31-66-67-48/h6-19,21-22,24,29,39,47-48,55,57-61,63H,5,20,23,25-28,30-32H2,1-4H3/q-1/t39-,47+,48-,53+,54-/m0/s1. The molecule has 0 unspecified atom stereocenters. The van der Waals surface area contributed by atoms with Crippen LogP contribution in [-0.2, 0) is 48.9 Å². The number of allylic oxidation sites excluding steroid dienone is 1. The molecular weight excluding hydrogens is 883 g/mol. The lowest BCUT2D eigenvalue weighted by molar-refractivity contribution is -0.125. The van der Waals surface area contributed by atoms with Crippen molar-refractivity contribution in [2.24, 2.45) is 5.92 Å². The molecule has 0 spiro atoms. The van der Waals surface area contributed by atoms with Crippen molar-refractivity contribution >= 4 is 38.1 Å². The minimum absolute atomic E-state index is 0.00724. The third-order valence-corrected chi connectivity index (χ3v) is 16.1. The predicted octanol–water partition coefficient (Wildman–Crippen LogP) is 8.38. The molecule has 0 bridgehead atoms. The summed E-state index contributed by atoms with van der Waals surface area (Å²) in [7, 11) is 6.38. The van der Waals surface area contributed by atoms with E-state index < -0.39 is 28.3 Å². The van der Waals surface area contributed by atoms with Crippen molar-refractivity contribution in [1.82, 2.24) is 15.6 Å². The number of benzene rings is 5. The maximum atomic E-state index is 15.7. The Morgan fingerprint density at radius 1 is 0.985 bits per heavy atom. The molecule has 67 heavy (non-hydrogen) atoms. The number of phenols is 3. The lowest BCUT2D eigenvalue weighted by Crippen LogP contribution is -2.41. The Morgan fingerprint density at radius 2 is 1.79 bits per heavy atom. The summed E-state index contributed by atoms with van der Waals surface area (Å²) in [5.41, 5.74) is 5.36. The van der Waals surface area contributed by atoms with E-state index in [2.05, 4.69) is 46.8 Å². The third-order valence-electron chi connectivity index (χ3n) is 13.3. The zero-order chi connectivity index (χ0) is 47.3. The van der Waals surface area contributed by atoms with E-state index in [1.165, 1.54) is 27.2 Å². The molecular formula is C54H60N3O8S2-. The van der Waals surface area contributed by atoms with E-state index in [1.54, 1.807) is 50.7 Å². The van der Waals surface area contributed by atoms with Crippen molar-refractivity contribution in [2.45, 2.75) is 81.3 Å². The topological polar surface area (TPSA) is 175 Å². The van der Waals surface area contributed by atoms with Crippen LogP contribution in [0.15, 0.2) is 109 Å². The number of β-amino-alcohol motifs (C(OH)–C–C–N with tert-alkyl or cyclic N) is 1. The average molecular weight is 943 g/mol. The molecule has 1 aliphatic carbocycles. The fraction of sp³-hybridized carbons (Fsp3) is 0.352. The maximum absolute atomic E-state index is 15.7. The number of carbonyl (C=O) groups excluding carboxylic acids is 1. The molecule has 2 aliphatic rings. The lowest BCUT2D eigenvalue weighted by Gasteiger charge is -2.33. The first-order valence-electron chi connectivity index (χ1n) is 22.8. The van der Waals surface area contributed by atoms with Crippen LogP contribution in [0.25, 0.3) is 10.8 Å². The number of phenolic OH excluding ortho intramolecular Hbond substituents is 3. The van der Waals surface area contributed by atoms with Gasteiger partial charge in [-0.05, 0) is 114 Å². The summed E-state index contributed by atoms with van der Waals surface area (Å²) in [6.45, 7) is 4.67. The number of aliphatic hydroxyl groups excluding tert-OH is 1. The second-order valence-corrected chi connectivity index (χ2v) is 20.7. The number of aromatic hydroxyl groups is 3. The molecule has 1 aromatic heterocycles. The molecule has 0 saturated carbocycles. The summed E-state index contributed by atoms with van der Waals surface area (Å²) in [6, 6.07) is 26.7. The normalized spacial score (nSPS) is 20.5. The van der Waals surface area contributed by atoms with Gasteiger partial charge in [-0.2, -0.15) is 12.4 Å². The molecule has 5 atom stereocenters. The van der Waals surface area contributed by atoms with E-state index in [-0.39, 0.29) is 49.1 Å². The van der Waals surface area contributed by atoms with Gasteiger partial charge >= 0.3 is 0 Å². The minimum atomic E-state index is -1.38. The van der Waals surface area contributed by atoms with E-state index >= 15 is 4.79 Å². The number of ketones is 1. The first-order chi connectivity index (χ1) is 32.3. The molecule has 2 heterocycles. The highest BCUT2D eigenvalue weighted by molar-refractivity contribution is 8.76. The Morgan fingerprint density at radius 3 is 2.57 bits per heavy atom. The van der Waals surface area contributed by atoms with Gasteiger partial charge in [0.25, 0.3) is 0 Å². The number of hydrogen-bond acceptors (Lipinski definition) is 12. The van der Waals surface area contributed by atoms with Crippen molar-refractivity contribution in [3.05, 3.63) is 160 Å². The number of Topliss-reactive ketones (excluding diaryl/α,β-unsaturated/α-hetero) is 1. The second kappa shape index (κ2) is 20.8. The summed E-state index contributed by atoms with van der Waals surface area (Å²) < 4.78 is 12.2. The summed E-state index contributed by atoms with van der Waals surface area (Å²) in [6.07, 6.45) is 8.21. The Labute approximate surface area is 400 Å². The molecule has 0 amide bonds. The molecule has 5 aromatic carbocycles. The van der Waals surface area contributed by atoms with Gasteiger partial charge in [-0.1, -0.05) is 107 Å². The molecule has 1 aliphatic heterocycles. The number of ether oxygens (including phenoxy) is 2. The third kappa shape index (κ3) is 10.5. The number of aliphatic hydroxyl groups is 2. The predicted molar refractivity (Wildman–Crippen MR) is 267 cm³/mol. The molecule has 11 nitrogen and oxygen atoms in total. The van der Waals surface area contributed by atoms with E-state index in [0.717, 1.165) is 56.1 Å². The van der Waals surface area contributed by atoms with Gasteiger partial charge in [0, 0.05) is 42.8 Å². The number of rotatable bonds is 15. The smallest absolute Gasteiger partial charge is 0.167 e. The van der Waals surface area contributed by atoms with E-state index in [4.69, 9.17) is 9.47 Å². The molecule has 6 aromatic rings. The van der Waals surface area contributed by atoms with Gasteiger partial charge < -0.3 is 45.3 Å². The number of nitrogens with zero attached hydrogens (tertiary/aromatic N) is 1. The van der Waals surface area contributed by atoms with E-state index in [0.29, 0.717) is 48.6 Å². The average Bonchev–Trinajstić information content (AvgIpc) is 3.75. The van der Waals surface area contributed by atoms with Crippen molar-refractivity contribution in [2.75, 3.05) is 33.2 Å². The van der Waals surface area contributed by atoms with Crippen molar-refractivity contribution in [3.63, 3.8) is 0 Å². The van der Waals surface area contributed by atoms with Crippen LogP contribution >= 0.6 is 21.6 Å². The fourth-order valence-corrected chi connectivity index (χ4v) is 12.8.